The summed E-state index contributed by atoms with van der Waals surface area (Å²) in [7, 11) is 0. The third kappa shape index (κ3) is 1.18. The molecule has 0 fully saturated rings. The minimum Gasteiger partial charge on any atom is -0.361 e. The average Bonchev–Trinajstić information content (AvgIpc) is 2.40. The van der Waals surface area contributed by atoms with E-state index in [0.29, 0.717) is 11.3 Å². The van der Waals surface area contributed by atoms with Crippen molar-refractivity contribution in [1.82, 2.24) is 0 Å². The van der Waals surface area contributed by atoms with Gasteiger partial charge in [-0.1, -0.05) is 15.9 Å². The number of nitrogens with one attached hydrogen (secondary N) is 1. The maximum absolute atomic E-state index is 11.2. The Balaban J connectivity index is 2.70. The number of hydrogen-bond acceptors (Lipinski definition) is 1. The van der Waals surface area contributed by atoms with Crippen molar-refractivity contribution in [3.63, 3.8) is 0 Å². The van der Waals surface area contributed by atoms with Crippen LogP contribution in [0.2, 0.25) is 0 Å². The van der Waals surface area contributed by atoms with E-state index in [2.05, 4.69) is 26.0 Å². The van der Waals surface area contributed by atoms with Crippen LogP contribution in [-0.2, 0) is 4.79 Å². The zero-order chi connectivity index (χ0) is 9.42. The van der Waals surface area contributed by atoms with Crippen molar-refractivity contribution < 1.29 is 9.58 Å². The molecule has 1 aliphatic rings. The lowest BCUT2D eigenvalue weighted by Crippen LogP contribution is -2.14. The van der Waals surface area contributed by atoms with E-state index in [1.807, 2.05) is 0 Å². The molecule has 0 spiro atoms. The van der Waals surface area contributed by atoms with Gasteiger partial charge in [-0.25, -0.2) is 0 Å². The summed E-state index contributed by atoms with van der Waals surface area (Å²) in [6.45, 7) is 0. The third-order valence-corrected chi connectivity index (χ3v) is 2.29. The Morgan fingerprint density at radius 1 is 1.46 bits per heavy atom. The van der Waals surface area contributed by atoms with Crippen LogP contribution in [0.5, 0.6) is 0 Å². The van der Waals surface area contributed by atoms with E-state index in [4.69, 9.17) is 5.53 Å². The largest absolute Gasteiger partial charge is 0.388 e. The van der Waals surface area contributed by atoms with Gasteiger partial charge in [0.15, 0.2) is 0 Å². The highest BCUT2D eigenvalue weighted by Gasteiger charge is 2.33. The second-order valence-corrected chi connectivity index (χ2v) is 3.51. The van der Waals surface area contributed by atoms with Crippen molar-refractivity contribution in [2.24, 2.45) is 0 Å². The van der Waals surface area contributed by atoms with Gasteiger partial charge in [0, 0.05) is 4.47 Å². The molecule has 0 aliphatic carbocycles. The lowest BCUT2D eigenvalue weighted by Gasteiger charge is -1.93. The van der Waals surface area contributed by atoms with Gasteiger partial charge in [0.1, 0.15) is 0 Å². The third-order valence-electron chi connectivity index (χ3n) is 1.80. The molecule has 1 aromatic carbocycles. The minimum absolute atomic E-state index is 0.0521. The summed E-state index contributed by atoms with van der Waals surface area (Å²) in [5.41, 5.74) is 9.92. The van der Waals surface area contributed by atoms with E-state index in [9.17, 15) is 4.79 Å². The van der Waals surface area contributed by atoms with Gasteiger partial charge in [0.25, 0.3) is 0 Å². The topological polar surface area (TPSA) is 65.5 Å². The molecular weight excluding hydrogens is 234 g/mol. The van der Waals surface area contributed by atoms with Crippen molar-refractivity contribution in [3.05, 3.63) is 33.8 Å². The van der Waals surface area contributed by atoms with E-state index in [1.54, 1.807) is 18.2 Å². The monoisotopic (exact) mass is 237 g/mol. The lowest BCUT2D eigenvalue weighted by molar-refractivity contribution is -0.114. The average molecular weight is 238 g/mol. The number of halogens is 1. The normalized spacial score (nSPS) is 13.6. The molecule has 0 saturated heterocycles. The number of benzene rings is 1. The number of fused-ring (bicyclic) bond motifs is 1. The summed E-state index contributed by atoms with van der Waals surface area (Å²) < 4.78 is 0.837. The molecule has 0 bridgehead atoms. The molecule has 0 unspecified atom stereocenters. The van der Waals surface area contributed by atoms with Crippen LogP contribution in [0, 0.1) is 0 Å². The molecule has 1 aromatic rings. The smallest absolute Gasteiger partial charge is 0.361 e. The molecule has 0 saturated carbocycles. The van der Waals surface area contributed by atoms with E-state index in [-0.39, 0.29) is 11.6 Å². The predicted octanol–water partition coefficient (Wildman–Crippen LogP) is 1.42. The second kappa shape index (κ2) is 2.80. The number of carbonyl (C=O) groups excluding carboxylic acids is 1. The van der Waals surface area contributed by atoms with Crippen LogP contribution < -0.4 is 5.32 Å². The summed E-state index contributed by atoms with van der Waals surface area (Å²) in [6, 6.07) is 5.28. The Hall–Kier alpha value is -1.45. The molecule has 2 rings (SSSR count). The Bertz CT molecular complexity index is 449. The molecule has 64 valence electrons. The fraction of sp³-hybridized carbons (Fsp3) is 0. The van der Waals surface area contributed by atoms with Crippen molar-refractivity contribution in [2.45, 2.75) is 0 Å². The van der Waals surface area contributed by atoms with E-state index >= 15 is 0 Å². The fourth-order valence-corrected chi connectivity index (χ4v) is 1.59. The van der Waals surface area contributed by atoms with E-state index in [1.165, 1.54) is 0 Å². The standard InChI is InChI=1S/C8H4BrN3O/c9-4-1-2-6-5(3-4)7(12-10)8(13)11-6/h1-3H,(H,11,13). The number of carbonyl (C=O) groups is 1. The van der Waals surface area contributed by atoms with Crippen molar-refractivity contribution >= 4 is 33.2 Å². The molecule has 1 aliphatic heterocycles. The number of rotatable bonds is 0. The molecule has 5 heteroatoms. The maximum atomic E-state index is 11.2. The zero-order valence-electron chi connectivity index (χ0n) is 6.41. The zero-order valence-corrected chi connectivity index (χ0v) is 8.00. The van der Waals surface area contributed by atoms with Gasteiger partial charge in [0.2, 0.25) is 0 Å². The van der Waals surface area contributed by atoms with Gasteiger partial charge in [-0.05, 0) is 18.2 Å². The highest BCUT2D eigenvalue weighted by atomic mass is 79.9. The van der Waals surface area contributed by atoms with Crippen LogP contribution in [0.25, 0.3) is 5.53 Å². The van der Waals surface area contributed by atoms with Gasteiger partial charge in [0.05, 0.1) is 11.3 Å². The molecule has 0 aromatic heterocycles. The quantitative estimate of drug-likeness (QED) is 0.539. The number of hydrogen-bond donors (Lipinski definition) is 1. The predicted molar refractivity (Wildman–Crippen MR) is 50.5 cm³/mol. The van der Waals surface area contributed by atoms with Gasteiger partial charge >= 0.3 is 11.6 Å². The Morgan fingerprint density at radius 2 is 2.23 bits per heavy atom. The Morgan fingerprint density at radius 3 is 2.92 bits per heavy atom. The Labute approximate surface area is 82.3 Å². The van der Waals surface area contributed by atoms with Crippen LogP contribution in [0.1, 0.15) is 5.56 Å². The van der Waals surface area contributed by atoms with Crippen molar-refractivity contribution in [2.75, 3.05) is 5.32 Å². The van der Waals surface area contributed by atoms with Crippen LogP contribution in [0.3, 0.4) is 0 Å². The fourth-order valence-electron chi connectivity index (χ4n) is 1.22. The van der Waals surface area contributed by atoms with Gasteiger partial charge in [-0.3, -0.25) is 4.79 Å². The lowest BCUT2D eigenvalue weighted by atomic mass is 10.1. The first-order valence-corrected chi connectivity index (χ1v) is 4.35. The summed E-state index contributed by atoms with van der Waals surface area (Å²) >= 11 is 3.27. The van der Waals surface area contributed by atoms with Crippen LogP contribution in [-0.4, -0.2) is 16.4 Å². The molecule has 0 radical (unpaired) electrons. The molecule has 4 nitrogen and oxygen atoms in total. The SMILES string of the molecule is [N-]=[N+]=C1C(=O)Nc2ccc(Br)cc21. The number of amides is 1. The van der Waals surface area contributed by atoms with E-state index in [0.717, 1.165) is 4.47 Å². The first kappa shape index (κ1) is 8.16. The highest BCUT2D eigenvalue weighted by molar-refractivity contribution is 9.10. The molecule has 13 heavy (non-hydrogen) atoms. The van der Waals surface area contributed by atoms with Crippen LogP contribution in [0.4, 0.5) is 5.69 Å². The summed E-state index contributed by atoms with van der Waals surface area (Å²) in [6.07, 6.45) is 0. The summed E-state index contributed by atoms with van der Waals surface area (Å²) in [5.74, 6) is -0.379. The first-order chi connectivity index (χ1) is 6.22. The highest BCUT2D eigenvalue weighted by Crippen LogP contribution is 2.25. The van der Waals surface area contributed by atoms with Crippen molar-refractivity contribution in [3.8, 4) is 0 Å². The summed E-state index contributed by atoms with van der Waals surface area (Å²) in [4.78, 5) is 14.1. The summed E-state index contributed by atoms with van der Waals surface area (Å²) in [5, 5.41) is 2.58. The molecule has 1 heterocycles. The van der Waals surface area contributed by atoms with E-state index < -0.39 is 0 Å². The second-order valence-electron chi connectivity index (χ2n) is 2.59. The van der Waals surface area contributed by atoms with Crippen molar-refractivity contribution in [1.29, 1.82) is 0 Å². The Kier molecular flexibility index (Phi) is 1.76. The molecule has 1 amide bonds. The number of nitrogens with zero attached hydrogens (tertiary/aromatic N) is 2. The maximum Gasteiger partial charge on any atom is 0.388 e. The van der Waals surface area contributed by atoms with Gasteiger partial charge in [-0.2, -0.15) is 4.79 Å². The molecule has 0 atom stereocenters. The van der Waals surface area contributed by atoms with Crippen LogP contribution in [0.15, 0.2) is 22.7 Å². The first-order valence-electron chi connectivity index (χ1n) is 3.55. The van der Waals surface area contributed by atoms with Gasteiger partial charge in [-0.15, -0.1) is 0 Å². The molecule has 1 N–H and O–H groups in total. The number of anilines is 1. The van der Waals surface area contributed by atoms with Crippen LogP contribution >= 0.6 is 15.9 Å². The van der Waals surface area contributed by atoms with Gasteiger partial charge < -0.3 is 10.8 Å². The molecular formula is C8H4BrN3O. The minimum atomic E-state index is -0.379.